The Hall–Kier alpha value is -1.43. The summed E-state index contributed by atoms with van der Waals surface area (Å²) < 4.78 is 0. The summed E-state index contributed by atoms with van der Waals surface area (Å²) in [4.78, 5) is 26.8. The topological polar surface area (TPSA) is 79.3 Å². The van der Waals surface area contributed by atoms with Crippen LogP contribution in [0.3, 0.4) is 0 Å². The molecular weight excluding hydrogens is 240 g/mol. The van der Waals surface area contributed by atoms with Crippen LogP contribution >= 0.6 is 11.3 Å². The van der Waals surface area contributed by atoms with Crippen LogP contribution in [0.4, 0.5) is 0 Å². The summed E-state index contributed by atoms with van der Waals surface area (Å²) in [6, 6.07) is 0. The number of hydrogen-bond acceptors (Lipinski definition) is 4. The Balaban J connectivity index is 1.79. The van der Waals surface area contributed by atoms with Crippen molar-refractivity contribution in [2.75, 3.05) is 6.54 Å². The summed E-state index contributed by atoms with van der Waals surface area (Å²) in [5.41, 5.74) is -0.203. The second kappa shape index (κ2) is 4.44. The van der Waals surface area contributed by atoms with Crippen LogP contribution in [0.5, 0.6) is 0 Å². The van der Waals surface area contributed by atoms with E-state index in [1.165, 1.54) is 0 Å². The molecule has 1 fully saturated rings. The van der Waals surface area contributed by atoms with Crippen molar-refractivity contribution in [2.45, 2.75) is 26.2 Å². The lowest BCUT2D eigenvalue weighted by atomic mass is 10.1. The van der Waals surface area contributed by atoms with Crippen molar-refractivity contribution < 1.29 is 14.7 Å². The number of carboxylic acid groups (broad SMARTS) is 1. The van der Waals surface area contributed by atoms with Crippen molar-refractivity contribution in [1.82, 2.24) is 10.3 Å². The number of rotatable bonds is 5. The molecule has 17 heavy (non-hydrogen) atoms. The summed E-state index contributed by atoms with van der Waals surface area (Å²) in [7, 11) is 0. The van der Waals surface area contributed by atoms with Crippen LogP contribution in [0, 0.1) is 12.3 Å². The zero-order valence-electron chi connectivity index (χ0n) is 9.52. The van der Waals surface area contributed by atoms with Gasteiger partial charge >= 0.3 is 5.97 Å². The van der Waals surface area contributed by atoms with E-state index in [1.807, 2.05) is 12.3 Å². The Morgan fingerprint density at radius 1 is 1.59 bits per heavy atom. The molecule has 0 spiro atoms. The predicted molar refractivity (Wildman–Crippen MR) is 62.9 cm³/mol. The molecular formula is C11H14N2O3S. The molecule has 2 rings (SSSR count). The Labute approximate surface area is 103 Å². The van der Waals surface area contributed by atoms with Crippen LogP contribution in [0.15, 0.2) is 5.38 Å². The van der Waals surface area contributed by atoms with Crippen molar-refractivity contribution in [2.24, 2.45) is 5.41 Å². The molecule has 1 aliphatic carbocycles. The number of aliphatic carboxylic acids is 1. The van der Waals surface area contributed by atoms with Gasteiger partial charge in [0.05, 0.1) is 10.7 Å². The number of nitrogens with one attached hydrogen (secondary N) is 1. The first-order chi connectivity index (χ1) is 8.04. The van der Waals surface area contributed by atoms with Gasteiger partial charge in [-0.2, -0.15) is 0 Å². The van der Waals surface area contributed by atoms with Gasteiger partial charge in [0.1, 0.15) is 5.41 Å². The largest absolute Gasteiger partial charge is 0.480 e. The number of hydrogen-bond donors (Lipinski definition) is 2. The molecule has 0 radical (unpaired) electrons. The number of carbonyl (C=O) groups is 2. The second-order valence-corrected chi connectivity index (χ2v) is 5.31. The third-order valence-corrected chi connectivity index (χ3v) is 3.75. The molecule has 0 bridgehead atoms. The van der Waals surface area contributed by atoms with Crippen LogP contribution in [-0.4, -0.2) is 28.5 Å². The zero-order chi connectivity index (χ0) is 12.5. The van der Waals surface area contributed by atoms with E-state index in [0.29, 0.717) is 25.8 Å². The van der Waals surface area contributed by atoms with E-state index < -0.39 is 11.4 Å². The van der Waals surface area contributed by atoms with E-state index in [0.717, 1.165) is 10.7 Å². The molecule has 1 saturated carbocycles. The number of aromatic nitrogens is 1. The minimum absolute atomic E-state index is 0.364. The van der Waals surface area contributed by atoms with Gasteiger partial charge in [-0.1, -0.05) is 0 Å². The average Bonchev–Trinajstić information content (AvgIpc) is 2.99. The third kappa shape index (κ3) is 2.46. The highest BCUT2D eigenvalue weighted by atomic mass is 32.1. The van der Waals surface area contributed by atoms with Crippen molar-refractivity contribution in [3.05, 3.63) is 16.1 Å². The average molecular weight is 254 g/mol. The summed E-state index contributed by atoms with van der Waals surface area (Å²) in [6.07, 6.45) is 1.54. The van der Waals surface area contributed by atoms with Crippen molar-refractivity contribution in [3.63, 3.8) is 0 Å². The Kier molecular flexibility index (Phi) is 3.15. The molecule has 5 nitrogen and oxygen atoms in total. The number of amides is 1. The van der Waals surface area contributed by atoms with Gasteiger partial charge in [-0.3, -0.25) is 9.59 Å². The fraction of sp³-hybridized carbons (Fsp3) is 0.545. The number of aryl methyl sites for hydroxylation is 1. The maximum atomic E-state index is 11.7. The molecule has 0 unspecified atom stereocenters. The number of thiazole rings is 1. The lowest BCUT2D eigenvalue weighted by molar-refractivity contribution is -0.149. The SMILES string of the molecule is Cc1nc(CCNC(=O)C2(C(=O)O)CC2)cs1. The normalized spacial score (nSPS) is 16.5. The van der Waals surface area contributed by atoms with Gasteiger partial charge in [0.25, 0.3) is 0 Å². The number of carboxylic acids is 1. The summed E-state index contributed by atoms with van der Waals surface area (Å²) >= 11 is 1.57. The highest BCUT2D eigenvalue weighted by Crippen LogP contribution is 2.45. The number of nitrogens with zero attached hydrogens (tertiary/aromatic N) is 1. The van der Waals surface area contributed by atoms with E-state index in [-0.39, 0.29) is 5.91 Å². The molecule has 2 N–H and O–H groups in total. The van der Waals surface area contributed by atoms with Crippen LogP contribution in [0.25, 0.3) is 0 Å². The molecule has 0 aromatic carbocycles. The lowest BCUT2D eigenvalue weighted by Gasteiger charge is -2.09. The first-order valence-corrected chi connectivity index (χ1v) is 6.35. The second-order valence-electron chi connectivity index (χ2n) is 4.25. The van der Waals surface area contributed by atoms with Crippen molar-refractivity contribution in [1.29, 1.82) is 0 Å². The molecule has 92 valence electrons. The molecule has 1 amide bonds. The fourth-order valence-corrected chi connectivity index (χ4v) is 2.31. The third-order valence-electron chi connectivity index (χ3n) is 2.93. The van der Waals surface area contributed by atoms with Gasteiger partial charge < -0.3 is 10.4 Å². The molecule has 6 heteroatoms. The zero-order valence-corrected chi connectivity index (χ0v) is 10.3. The van der Waals surface area contributed by atoms with Gasteiger partial charge in [0.15, 0.2) is 0 Å². The van der Waals surface area contributed by atoms with E-state index in [4.69, 9.17) is 5.11 Å². The number of carbonyl (C=O) groups excluding carboxylic acids is 1. The quantitative estimate of drug-likeness (QED) is 0.767. The Morgan fingerprint density at radius 3 is 2.76 bits per heavy atom. The van der Waals surface area contributed by atoms with Crippen LogP contribution < -0.4 is 5.32 Å². The maximum absolute atomic E-state index is 11.7. The van der Waals surface area contributed by atoms with Gasteiger partial charge in [-0.05, 0) is 19.8 Å². The first-order valence-electron chi connectivity index (χ1n) is 5.47. The molecule has 1 aromatic heterocycles. The minimum Gasteiger partial charge on any atom is -0.480 e. The molecule has 0 saturated heterocycles. The van der Waals surface area contributed by atoms with E-state index >= 15 is 0 Å². The van der Waals surface area contributed by atoms with Crippen LogP contribution in [0.1, 0.15) is 23.5 Å². The minimum atomic E-state index is -1.14. The monoisotopic (exact) mass is 254 g/mol. The molecule has 1 aromatic rings. The summed E-state index contributed by atoms with van der Waals surface area (Å²) in [5, 5.41) is 14.5. The molecule has 0 atom stereocenters. The van der Waals surface area contributed by atoms with Gasteiger partial charge in [0, 0.05) is 18.3 Å². The van der Waals surface area contributed by atoms with Gasteiger partial charge in [0.2, 0.25) is 5.91 Å². The van der Waals surface area contributed by atoms with E-state index in [2.05, 4.69) is 10.3 Å². The summed E-state index contributed by atoms with van der Waals surface area (Å²) in [5.74, 6) is -1.38. The molecule has 1 heterocycles. The standard InChI is InChI=1S/C11H14N2O3S/c1-7-13-8(6-17-7)2-5-12-9(14)11(3-4-11)10(15)16/h6H,2-5H2,1H3,(H,12,14)(H,15,16). The summed E-state index contributed by atoms with van der Waals surface area (Å²) in [6.45, 7) is 2.37. The van der Waals surface area contributed by atoms with E-state index in [1.54, 1.807) is 11.3 Å². The first kappa shape index (κ1) is 12.0. The predicted octanol–water partition coefficient (Wildman–Crippen LogP) is 0.975. The molecule has 1 aliphatic rings. The van der Waals surface area contributed by atoms with E-state index in [9.17, 15) is 9.59 Å². The van der Waals surface area contributed by atoms with Crippen LogP contribution in [-0.2, 0) is 16.0 Å². The van der Waals surface area contributed by atoms with Crippen molar-refractivity contribution >= 4 is 23.2 Å². The Morgan fingerprint density at radius 2 is 2.29 bits per heavy atom. The van der Waals surface area contributed by atoms with Gasteiger partial charge in [-0.25, -0.2) is 4.98 Å². The van der Waals surface area contributed by atoms with Crippen molar-refractivity contribution in [3.8, 4) is 0 Å². The maximum Gasteiger partial charge on any atom is 0.319 e. The highest BCUT2D eigenvalue weighted by molar-refractivity contribution is 7.09. The van der Waals surface area contributed by atoms with Gasteiger partial charge in [-0.15, -0.1) is 11.3 Å². The molecule has 0 aliphatic heterocycles. The lowest BCUT2D eigenvalue weighted by Crippen LogP contribution is -2.37. The smallest absolute Gasteiger partial charge is 0.319 e. The highest BCUT2D eigenvalue weighted by Gasteiger charge is 2.56. The fourth-order valence-electron chi connectivity index (χ4n) is 1.66. The Bertz CT molecular complexity index is 451. The van der Waals surface area contributed by atoms with Crippen LogP contribution in [0.2, 0.25) is 0 Å².